The van der Waals surface area contributed by atoms with E-state index in [1.807, 2.05) is 20.0 Å². The first-order chi connectivity index (χ1) is 7.65. The second-order valence-electron chi connectivity index (χ2n) is 3.77. The second kappa shape index (κ2) is 6.66. The van der Waals surface area contributed by atoms with Crippen LogP contribution in [-0.4, -0.2) is 37.1 Å². The minimum atomic E-state index is 0.0471. The first-order valence-electron chi connectivity index (χ1n) is 5.51. The lowest BCUT2D eigenvalue weighted by Gasteiger charge is -2.24. The first-order valence-corrected chi connectivity index (χ1v) is 6.39. The zero-order chi connectivity index (χ0) is 12.0. The van der Waals surface area contributed by atoms with Crippen LogP contribution in [0.5, 0.6) is 0 Å². The maximum absolute atomic E-state index is 11.7. The molecule has 0 aliphatic rings. The summed E-state index contributed by atoms with van der Waals surface area (Å²) in [4.78, 5) is 14.7. The van der Waals surface area contributed by atoms with Crippen molar-refractivity contribution < 1.29 is 9.53 Å². The molecule has 0 saturated carbocycles. The van der Waals surface area contributed by atoms with Crippen molar-refractivity contribution in [2.75, 3.05) is 20.3 Å². The summed E-state index contributed by atoms with van der Waals surface area (Å²) in [6, 6.07) is 4.35. The van der Waals surface area contributed by atoms with Gasteiger partial charge in [-0.3, -0.25) is 4.79 Å². The Balaban J connectivity index is 2.40. The SMILES string of the molecule is CCOCC(=O)N(C)C(C)Cc1cccs1. The Bertz CT molecular complexity index is 311. The number of ether oxygens (including phenoxy) is 1. The summed E-state index contributed by atoms with van der Waals surface area (Å²) in [5, 5.41) is 2.06. The van der Waals surface area contributed by atoms with E-state index in [1.54, 1.807) is 16.2 Å². The lowest BCUT2D eigenvalue weighted by atomic mass is 10.2. The highest BCUT2D eigenvalue weighted by Crippen LogP contribution is 2.13. The van der Waals surface area contributed by atoms with Crippen molar-refractivity contribution in [2.45, 2.75) is 26.3 Å². The van der Waals surface area contributed by atoms with Gasteiger partial charge in [0.05, 0.1) is 0 Å². The lowest BCUT2D eigenvalue weighted by Crippen LogP contribution is -2.38. The lowest BCUT2D eigenvalue weighted by molar-refractivity contribution is -0.136. The van der Waals surface area contributed by atoms with Crippen molar-refractivity contribution in [1.29, 1.82) is 0 Å². The molecular formula is C12H19NO2S. The highest BCUT2D eigenvalue weighted by Gasteiger charge is 2.16. The van der Waals surface area contributed by atoms with Crippen LogP contribution in [-0.2, 0) is 16.0 Å². The predicted molar refractivity (Wildman–Crippen MR) is 66.7 cm³/mol. The number of hydrogen-bond donors (Lipinski definition) is 0. The highest BCUT2D eigenvalue weighted by molar-refractivity contribution is 7.09. The Morgan fingerprint density at radius 2 is 2.38 bits per heavy atom. The van der Waals surface area contributed by atoms with Gasteiger partial charge in [-0.15, -0.1) is 11.3 Å². The number of carbonyl (C=O) groups excluding carboxylic acids is 1. The van der Waals surface area contributed by atoms with E-state index in [4.69, 9.17) is 4.74 Å². The van der Waals surface area contributed by atoms with E-state index in [2.05, 4.69) is 18.4 Å². The third-order valence-corrected chi connectivity index (χ3v) is 3.46. The average Bonchev–Trinajstić information content (AvgIpc) is 2.77. The number of likely N-dealkylation sites (N-methyl/N-ethyl adjacent to an activating group) is 1. The zero-order valence-electron chi connectivity index (χ0n) is 10.1. The molecule has 0 saturated heterocycles. The summed E-state index contributed by atoms with van der Waals surface area (Å²) in [6.07, 6.45) is 0.909. The van der Waals surface area contributed by atoms with Gasteiger partial charge in [-0.1, -0.05) is 6.07 Å². The molecule has 4 heteroatoms. The fourth-order valence-electron chi connectivity index (χ4n) is 1.39. The van der Waals surface area contributed by atoms with Crippen molar-refractivity contribution in [3.05, 3.63) is 22.4 Å². The van der Waals surface area contributed by atoms with E-state index in [0.717, 1.165) is 6.42 Å². The summed E-state index contributed by atoms with van der Waals surface area (Å²) in [5.74, 6) is 0.0471. The van der Waals surface area contributed by atoms with Crippen LogP contribution in [0.3, 0.4) is 0 Å². The van der Waals surface area contributed by atoms with Gasteiger partial charge in [-0.05, 0) is 25.3 Å². The van der Waals surface area contributed by atoms with E-state index in [1.165, 1.54) is 4.88 Å². The summed E-state index contributed by atoms with van der Waals surface area (Å²) < 4.78 is 5.11. The van der Waals surface area contributed by atoms with E-state index in [0.29, 0.717) is 6.61 Å². The molecule has 0 aromatic carbocycles. The van der Waals surface area contributed by atoms with Crippen molar-refractivity contribution in [3.8, 4) is 0 Å². The molecule has 0 bridgehead atoms. The molecule has 1 heterocycles. The molecule has 1 aromatic rings. The number of amides is 1. The van der Waals surface area contributed by atoms with Crippen LogP contribution < -0.4 is 0 Å². The number of hydrogen-bond acceptors (Lipinski definition) is 3. The largest absolute Gasteiger partial charge is 0.372 e. The Hall–Kier alpha value is -0.870. The average molecular weight is 241 g/mol. The van der Waals surface area contributed by atoms with Crippen LogP contribution >= 0.6 is 11.3 Å². The Morgan fingerprint density at radius 1 is 1.62 bits per heavy atom. The van der Waals surface area contributed by atoms with Crippen molar-refractivity contribution in [2.24, 2.45) is 0 Å². The molecule has 1 aromatic heterocycles. The van der Waals surface area contributed by atoms with E-state index >= 15 is 0 Å². The van der Waals surface area contributed by atoms with Gasteiger partial charge in [0, 0.05) is 31.0 Å². The normalized spacial score (nSPS) is 12.4. The van der Waals surface area contributed by atoms with Crippen LogP contribution in [0, 0.1) is 0 Å². The van der Waals surface area contributed by atoms with E-state index in [9.17, 15) is 4.79 Å². The third-order valence-electron chi connectivity index (χ3n) is 2.56. The Morgan fingerprint density at radius 3 is 2.94 bits per heavy atom. The van der Waals surface area contributed by atoms with Crippen LogP contribution in [0.2, 0.25) is 0 Å². The predicted octanol–water partition coefficient (Wildman–Crippen LogP) is 2.17. The molecular weight excluding hydrogens is 222 g/mol. The number of carbonyl (C=O) groups is 1. The molecule has 1 amide bonds. The topological polar surface area (TPSA) is 29.5 Å². The molecule has 1 unspecified atom stereocenters. The summed E-state index contributed by atoms with van der Waals surface area (Å²) in [5.41, 5.74) is 0. The monoisotopic (exact) mass is 241 g/mol. The molecule has 16 heavy (non-hydrogen) atoms. The number of thiophene rings is 1. The molecule has 3 nitrogen and oxygen atoms in total. The minimum absolute atomic E-state index is 0.0471. The fourth-order valence-corrected chi connectivity index (χ4v) is 2.22. The van der Waals surface area contributed by atoms with Crippen molar-refractivity contribution >= 4 is 17.2 Å². The van der Waals surface area contributed by atoms with Crippen molar-refractivity contribution in [3.63, 3.8) is 0 Å². The number of rotatable bonds is 6. The summed E-state index contributed by atoms with van der Waals surface area (Å²) in [7, 11) is 1.83. The zero-order valence-corrected chi connectivity index (χ0v) is 10.9. The van der Waals surface area contributed by atoms with Gasteiger partial charge in [0.25, 0.3) is 0 Å². The molecule has 0 radical (unpaired) electrons. The first kappa shape index (κ1) is 13.2. The van der Waals surface area contributed by atoms with Crippen molar-refractivity contribution in [1.82, 2.24) is 4.90 Å². The number of nitrogens with zero attached hydrogens (tertiary/aromatic N) is 1. The quantitative estimate of drug-likeness (QED) is 0.764. The van der Waals surface area contributed by atoms with Gasteiger partial charge in [0.15, 0.2) is 0 Å². The molecule has 0 N–H and O–H groups in total. The molecule has 0 aliphatic carbocycles. The van der Waals surface area contributed by atoms with Gasteiger partial charge < -0.3 is 9.64 Å². The summed E-state index contributed by atoms with van der Waals surface area (Å²) in [6.45, 7) is 4.71. The van der Waals surface area contributed by atoms with Gasteiger partial charge in [0.1, 0.15) is 6.61 Å². The smallest absolute Gasteiger partial charge is 0.248 e. The van der Waals surface area contributed by atoms with Gasteiger partial charge in [0.2, 0.25) is 5.91 Å². The maximum Gasteiger partial charge on any atom is 0.248 e. The summed E-state index contributed by atoms with van der Waals surface area (Å²) >= 11 is 1.73. The second-order valence-corrected chi connectivity index (χ2v) is 4.81. The third kappa shape index (κ3) is 3.94. The maximum atomic E-state index is 11.7. The van der Waals surface area contributed by atoms with E-state index in [-0.39, 0.29) is 18.6 Å². The van der Waals surface area contributed by atoms with Gasteiger partial charge in [-0.2, -0.15) is 0 Å². The molecule has 0 aliphatic heterocycles. The molecule has 90 valence electrons. The highest BCUT2D eigenvalue weighted by atomic mass is 32.1. The van der Waals surface area contributed by atoms with Gasteiger partial charge >= 0.3 is 0 Å². The van der Waals surface area contributed by atoms with Crippen LogP contribution in [0.15, 0.2) is 17.5 Å². The molecule has 1 atom stereocenters. The molecule has 0 fully saturated rings. The molecule has 1 rings (SSSR count). The van der Waals surface area contributed by atoms with E-state index < -0.39 is 0 Å². The standard InChI is InChI=1S/C12H19NO2S/c1-4-15-9-12(14)13(3)10(2)8-11-6-5-7-16-11/h5-7,10H,4,8-9H2,1-3H3. The minimum Gasteiger partial charge on any atom is -0.372 e. The Labute approximate surface area is 101 Å². The van der Waals surface area contributed by atoms with Crippen LogP contribution in [0.1, 0.15) is 18.7 Å². The molecule has 0 spiro atoms. The van der Waals surface area contributed by atoms with Gasteiger partial charge in [-0.25, -0.2) is 0 Å². The Kier molecular flexibility index (Phi) is 5.49. The van der Waals surface area contributed by atoms with Crippen LogP contribution in [0.4, 0.5) is 0 Å². The van der Waals surface area contributed by atoms with Crippen LogP contribution in [0.25, 0.3) is 0 Å². The fraction of sp³-hybridized carbons (Fsp3) is 0.583.